The summed E-state index contributed by atoms with van der Waals surface area (Å²) in [6, 6.07) is 6.34. The van der Waals surface area contributed by atoms with E-state index in [0.717, 1.165) is 53.5 Å². The second-order valence-electron chi connectivity index (χ2n) is 8.11. The largest absolute Gasteiger partial charge is 0.308 e. The lowest BCUT2D eigenvalue weighted by Gasteiger charge is -2.29. The fourth-order valence-electron chi connectivity index (χ4n) is 3.98. The zero-order valence-electron chi connectivity index (χ0n) is 20.0. The summed E-state index contributed by atoms with van der Waals surface area (Å²) in [5.41, 5.74) is -6.09. The highest BCUT2D eigenvalue weighted by atomic mass is 19.2. The number of hydrogen-bond donors (Lipinski definition) is 0. The van der Waals surface area contributed by atoms with Crippen LogP contribution in [0.15, 0.2) is 70.9 Å². The third kappa shape index (κ3) is 5.27. The molecule has 0 saturated carbocycles. The molecule has 1 aliphatic rings. The average molecular weight is 567 g/mol. The number of anilines is 2. The summed E-state index contributed by atoms with van der Waals surface area (Å²) in [4.78, 5) is 4.36. The molecule has 0 N–H and O–H groups in total. The van der Waals surface area contributed by atoms with Gasteiger partial charge in [-0.25, -0.2) is 35.1 Å². The Morgan fingerprint density at radius 3 is 1.56 bits per heavy atom. The minimum atomic E-state index is -2.07. The molecule has 0 bridgehead atoms. The molecule has 0 aromatic heterocycles. The number of aliphatic imine (C=N–C) groups is 1. The molecule has 0 amide bonds. The molecule has 13 heteroatoms. The maximum atomic E-state index is 14.8. The lowest BCUT2D eigenvalue weighted by molar-refractivity contribution is 0.447. The van der Waals surface area contributed by atoms with Crippen LogP contribution in [0.3, 0.4) is 0 Å². The van der Waals surface area contributed by atoms with Crippen molar-refractivity contribution in [1.82, 2.24) is 0 Å². The van der Waals surface area contributed by atoms with Crippen molar-refractivity contribution in [3.63, 3.8) is 0 Å². The van der Waals surface area contributed by atoms with Gasteiger partial charge >= 0.3 is 0 Å². The van der Waals surface area contributed by atoms with Crippen LogP contribution < -0.4 is 4.90 Å². The van der Waals surface area contributed by atoms with Gasteiger partial charge in [-0.3, -0.25) is 0 Å². The van der Waals surface area contributed by atoms with Gasteiger partial charge in [-0.15, -0.1) is 0 Å². The number of hydrogen-bond acceptors (Lipinski definition) is 5. The van der Waals surface area contributed by atoms with Crippen molar-refractivity contribution in [3.05, 3.63) is 124 Å². The Hall–Kier alpha value is -5.74. The first-order valence-electron chi connectivity index (χ1n) is 11.0. The fraction of sp³-hybridized carbons (Fsp3) is 0. The lowest BCUT2D eigenvalue weighted by atomic mass is 9.93. The second-order valence-corrected chi connectivity index (χ2v) is 8.11. The van der Waals surface area contributed by atoms with Crippen molar-refractivity contribution in [2.24, 2.45) is 4.99 Å². The van der Waals surface area contributed by atoms with Gasteiger partial charge in [0, 0.05) is 12.1 Å². The van der Waals surface area contributed by atoms with Gasteiger partial charge in [-0.2, -0.15) is 20.8 Å². The summed E-state index contributed by atoms with van der Waals surface area (Å²) < 4.78 is 115. The number of nitriles is 3. The smallest absolute Gasteiger partial charge is 0.206 e. The predicted molar refractivity (Wildman–Crippen MR) is 129 cm³/mol. The molecule has 202 valence electrons. The van der Waals surface area contributed by atoms with E-state index in [1.807, 2.05) is 0 Å². The normalized spacial score (nSPS) is 14.7. The summed E-state index contributed by atoms with van der Waals surface area (Å²) >= 11 is 0. The molecule has 0 spiro atoms. The van der Waals surface area contributed by atoms with Crippen molar-refractivity contribution < 1.29 is 35.1 Å². The lowest BCUT2D eigenvalue weighted by Crippen LogP contribution is -2.24. The molecule has 3 aromatic rings. The highest BCUT2D eigenvalue weighted by Crippen LogP contribution is 2.37. The first kappa shape index (κ1) is 28.3. The van der Waals surface area contributed by atoms with Crippen molar-refractivity contribution >= 4 is 22.7 Å². The van der Waals surface area contributed by atoms with E-state index in [1.54, 1.807) is 0 Å². The van der Waals surface area contributed by atoms with Crippen LogP contribution in [0.5, 0.6) is 0 Å². The minimum Gasteiger partial charge on any atom is -0.308 e. The maximum absolute atomic E-state index is 14.8. The third-order valence-corrected chi connectivity index (χ3v) is 5.62. The topological polar surface area (TPSA) is 87.0 Å². The molecule has 0 saturated heterocycles. The highest BCUT2D eigenvalue weighted by Gasteiger charge is 2.30. The molecule has 0 radical (unpaired) electrons. The van der Waals surface area contributed by atoms with Gasteiger partial charge in [0.2, 0.25) is 6.19 Å². The van der Waals surface area contributed by atoms with Crippen molar-refractivity contribution in [3.8, 4) is 18.3 Å². The minimum absolute atomic E-state index is 0.319. The van der Waals surface area contributed by atoms with Gasteiger partial charge in [0.15, 0.2) is 23.3 Å². The summed E-state index contributed by atoms with van der Waals surface area (Å²) in [5, 5.41) is 27.8. The van der Waals surface area contributed by atoms with Crippen molar-refractivity contribution in [2.75, 3.05) is 4.90 Å². The van der Waals surface area contributed by atoms with Gasteiger partial charge in [0.05, 0.1) is 33.9 Å². The number of allylic oxidation sites excluding steroid dienone is 5. The van der Waals surface area contributed by atoms with Crippen molar-refractivity contribution in [2.45, 2.75) is 0 Å². The van der Waals surface area contributed by atoms with Crippen LogP contribution in [0.25, 0.3) is 5.57 Å². The standard InChI is InChI=1S/C28H9F8N5/c29-14-4-15(30)7-18(6-14)41(19-8-16(31)5-17(32)9-19)23-3-13(1-2-22(23)40-12-39)20(10-37)24-27(35)25(33)21(11-38)26(34)28(24)36/h1-9H/b20-13+,40-22+. The quantitative estimate of drug-likeness (QED) is 0.145. The van der Waals surface area contributed by atoms with Crippen LogP contribution in [0.4, 0.5) is 46.5 Å². The van der Waals surface area contributed by atoms with E-state index in [9.17, 15) is 45.6 Å². The molecule has 0 aliphatic heterocycles. The van der Waals surface area contributed by atoms with Crippen LogP contribution in [-0.2, 0) is 0 Å². The Balaban J connectivity index is 2.10. The Morgan fingerprint density at radius 1 is 0.659 bits per heavy atom. The predicted octanol–water partition coefficient (Wildman–Crippen LogP) is 7.16. The molecule has 41 heavy (non-hydrogen) atoms. The summed E-state index contributed by atoms with van der Waals surface area (Å²) in [6.07, 6.45) is 4.30. The maximum Gasteiger partial charge on any atom is 0.206 e. The monoisotopic (exact) mass is 567 g/mol. The molecular weight excluding hydrogens is 558 g/mol. The molecule has 0 heterocycles. The summed E-state index contributed by atoms with van der Waals surface area (Å²) in [7, 11) is 0. The average Bonchev–Trinajstić information content (AvgIpc) is 2.90. The molecule has 1 aliphatic carbocycles. The summed E-state index contributed by atoms with van der Waals surface area (Å²) in [6.45, 7) is 0. The number of halogens is 8. The SMILES string of the molecule is N#C/N=C1C=C/C(=C(/C#N)c2c(F)c(F)c(C#N)c(F)c2F)C=C\1N(c1cc(F)cc(F)c1)c1cc(F)cc(F)c1. The van der Waals surface area contributed by atoms with Gasteiger partial charge in [0.25, 0.3) is 0 Å². The number of rotatable bonds is 4. The molecule has 0 fully saturated rings. The molecule has 0 unspecified atom stereocenters. The first-order chi connectivity index (χ1) is 19.5. The molecule has 0 atom stereocenters. The highest BCUT2D eigenvalue weighted by molar-refractivity contribution is 6.15. The van der Waals surface area contributed by atoms with E-state index in [0.29, 0.717) is 12.1 Å². The van der Waals surface area contributed by atoms with Gasteiger partial charge in [0.1, 0.15) is 41.0 Å². The zero-order valence-corrected chi connectivity index (χ0v) is 20.0. The fourth-order valence-corrected chi connectivity index (χ4v) is 3.98. The van der Waals surface area contributed by atoms with Gasteiger partial charge < -0.3 is 4.90 Å². The third-order valence-electron chi connectivity index (χ3n) is 5.62. The van der Waals surface area contributed by atoms with E-state index in [-0.39, 0.29) is 5.71 Å². The second kappa shape index (κ2) is 11.2. The van der Waals surface area contributed by atoms with Crippen molar-refractivity contribution in [1.29, 1.82) is 15.8 Å². The van der Waals surface area contributed by atoms with Crippen LogP contribution in [0, 0.1) is 80.7 Å². The Kier molecular flexibility index (Phi) is 7.70. The molecule has 3 aromatic carbocycles. The number of benzene rings is 3. The van der Waals surface area contributed by atoms with E-state index in [4.69, 9.17) is 5.26 Å². The van der Waals surface area contributed by atoms with E-state index < -0.39 is 85.9 Å². The van der Waals surface area contributed by atoms with E-state index >= 15 is 0 Å². The van der Waals surface area contributed by atoms with Crippen LogP contribution in [0.2, 0.25) is 0 Å². The Morgan fingerprint density at radius 2 is 1.15 bits per heavy atom. The first-order valence-corrected chi connectivity index (χ1v) is 11.0. The Bertz CT molecular complexity index is 1750. The molecule has 4 rings (SSSR count). The van der Waals surface area contributed by atoms with Crippen LogP contribution >= 0.6 is 0 Å². The van der Waals surface area contributed by atoms with Crippen LogP contribution in [-0.4, -0.2) is 5.71 Å². The van der Waals surface area contributed by atoms with E-state index in [1.165, 1.54) is 12.3 Å². The van der Waals surface area contributed by atoms with E-state index in [2.05, 4.69) is 4.99 Å². The van der Waals surface area contributed by atoms with Gasteiger partial charge in [-0.1, -0.05) is 6.08 Å². The number of nitrogens with zero attached hydrogens (tertiary/aromatic N) is 5. The molecular formula is C28H9F8N5. The Labute approximate surface area is 225 Å². The summed E-state index contributed by atoms with van der Waals surface area (Å²) in [5.74, 6) is -12.8. The zero-order chi connectivity index (χ0) is 30.0. The molecule has 5 nitrogen and oxygen atoms in total. The van der Waals surface area contributed by atoms with Crippen LogP contribution in [0.1, 0.15) is 11.1 Å². The van der Waals surface area contributed by atoms with Gasteiger partial charge in [-0.05, 0) is 42.0 Å².